The lowest BCUT2D eigenvalue weighted by Gasteiger charge is -2.20. The molecule has 0 spiro atoms. The molecule has 3 N–H and O–H groups in total. The first-order valence-corrected chi connectivity index (χ1v) is 6.86. The highest BCUT2D eigenvalue weighted by atomic mass is 16.3. The van der Waals surface area contributed by atoms with E-state index in [1.807, 2.05) is 0 Å². The van der Waals surface area contributed by atoms with Crippen molar-refractivity contribution >= 4 is 11.8 Å². The Morgan fingerprint density at radius 1 is 1.06 bits per heavy atom. The van der Waals surface area contributed by atoms with Gasteiger partial charge in [-0.1, -0.05) is 19.3 Å². The van der Waals surface area contributed by atoms with Gasteiger partial charge in [0, 0.05) is 19.6 Å². The van der Waals surface area contributed by atoms with E-state index in [0.29, 0.717) is 25.3 Å². The fourth-order valence-corrected chi connectivity index (χ4v) is 2.27. The van der Waals surface area contributed by atoms with Crippen LogP contribution in [-0.2, 0) is 9.59 Å². The van der Waals surface area contributed by atoms with Gasteiger partial charge < -0.3 is 15.7 Å². The average Bonchev–Trinajstić information content (AvgIpc) is 2.38. The predicted octanol–water partition coefficient (Wildman–Crippen LogP) is 0.572. The van der Waals surface area contributed by atoms with E-state index in [0.717, 1.165) is 12.8 Å². The molecule has 0 aromatic carbocycles. The second-order valence-electron chi connectivity index (χ2n) is 4.91. The molecule has 18 heavy (non-hydrogen) atoms. The molecule has 104 valence electrons. The molecule has 0 aromatic heterocycles. The Morgan fingerprint density at radius 2 is 1.78 bits per heavy atom. The number of rotatable bonds is 7. The van der Waals surface area contributed by atoms with Crippen molar-refractivity contribution in [3.8, 4) is 0 Å². The van der Waals surface area contributed by atoms with E-state index in [4.69, 9.17) is 5.11 Å². The van der Waals surface area contributed by atoms with Crippen molar-refractivity contribution in [2.45, 2.75) is 44.9 Å². The Labute approximate surface area is 108 Å². The van der Waals surface area contributed by atoms with Crippen LogP contribution in [0.25, 0.3) is 0 Å². The molecule has 1 saturated carbocycles. The lowest BCUT2D eigenvalue weighted by molar-refractivity contribution is -0.126. The quantitative estimate of drug-likeness (QED) is 0.583. The van der Waals surface area contributed by atoms with Crippen molar-refractivity contribution in [3.05, 3.63) is 0 Å². The van der Waals surface area contributed by atoms with E-state index in [-0.39, 0.29) is 25.0 Å². The Hall–Kier alpha value is -1.10. The third-order valence-corrected chi connectivity index (χ3v) is 3.30. The van der Waals surface area contributed by atoms with Crippen molar-refractivity contribution in [1.29, 1.82) is 0 Å². The van der Waals surface area contributed by atoms with Gasteiger partial charge in [0.15, 0.2) is 0 Å². The third kappa shape index (κ3) is 6.59. The minimum Gasteiger partial charge on any atom is -0.396 e. The van der Waals surface area contributed by atoms with Gasteiger partial charge >= 0.3 is 0 Å². The molecule has 0 heterocycles. The molecule has 0 bridgehead atoms. The fourth-order valence-electron chi connectivity index (χ4n) is 2.27. The number of aliphatic hydroxyl groups is 1. The Kier molecular flexibility index (Phi) is 7.41. The molecule has 5 nitrogen and oxygen atoms in total. The van der Waals surface area contributed by atoms with Gasteiger partial charge in [0.2, 0.25) is 11.8 Å². The number of aliphatic hydroxyl groups excluding tert-OH is 1. The molecule has 1 fully saturated rings. The summed E-state index contributed by atoms with van der Waals surface area (Å²) in [7, 11) is 0. The SMILES string of the molecule is O=C(CNC(=O)CC1CCCCC1)NCCCO. The van der Waals surface area contributed by atoms with Gasteiger partial charge in [0.05, 0.1) is 6.54 Å². The zero-order valence-electron chi connectivity index (χ0n) is 10.9. The molecule has 0 aromatic rings. The second-order valence-corrected chi connectivity index (χ2v) is 4.91. The Balaban J connectivity index is 2.06. The number of hydrogen-bond acceptors (Lipinski definition) is 3. The summed E-state index contributed by atoms with van der Waals surface area (Å²) in [5.41, 5.74) is 0. The number of amides is 2. The number of nitrogens with one attached hydrogen (secondary N) is 2. The highest BCUT2D eigenvalue weighted by Crippen LogP contribution is 2.25. The largest absolute Gasteiger partial charge is 0.396 e. The van der Waals surface area contributed by atoms with Crippen LogP contribution in [0.1, 0.15) is 44.9 Å². The summed E-state index contributed by atoms with van der Waals surface area (Å²) in [5, 5.41) is 13.8. The first kappa shape index (κ1) is 15.0. The highest BCUT2D eigenvalue weighted by Gasteiger charge is 2.17. The van der Waals surface area contributed by atoms with Gasteiger partial charge in [-0.3, -0.25) is 9.59 Å². The molecular formula is C13H24N2O3. The monoisotopic (exact) mass is 256 g/mol. The van der Waals surface area contributed by atoms with Gasteiger partial charge in [0.1, 0.15) is 0 Å². The molecule has 2 amide bonds. The Bertz CT molecular complexity index is 263. The number of hydrogen-bond donors (Lipinski definition) is 3. The van der Waals surface area contributed by atoms with Gasteiger partial charge in [-0.15, -0.1) is 0 Å². The molecule has 1 aliphatic rings. The zero-order valence-corrected chi connectivity index (χ0v) is 10.9. The van der Waals surface area contributed by atoms with E-state index in [1.165, 1.54) is 19.3 Å². The van der Waals surface area contributed by atoms with Crippen molar-refractivity contribution in [1.82, 2.24) is 10.6 Å². The first-order chi connectivity index (χ1) is 8.72. The summed E-state index contributed by atoms with van der Waals surface area (Å²) in [5.74, 6) is 0.274. The van der Waals surface area contributed by atoms with Crippen LogP contribution in [0.4, 0.5) is 0 Å². The maximum atomic E-state index is 11.6. The van der Waals surface area contributed by atoms with Gasteiger partial charge in [-0.2, -0.15) is 0 Å². The van der Waals surface area contributed by atoms with E-state index in [1.54, 1.807) is 0 Å². The molecule has 1 rings (SSSR count). The number of carbonyl (C=O) groups excluding carboxylic acids is 2. The molecule has 0 aliphatic heterocycles. The normalized spacial score (nSPS) is 16.3. The van der Waals surface area contributed by atoms with Crippen LogP contribution in [0.2, 0.25) is 0 Å². The van der Waals surface area contributed by atoms with Gasteiger partial charge in [0.25, 0.3) is 0 Å². The zero-order chi connectivity index (χ0) is 13.2. The van der Waals surface area contributed by atoms with Crippen molar-refractivity contribution in [2.75, 3.05) is 19.7 Å². The minimum absolute atomic E-state index is 0.0285. The van der Waals surface area contributed by atoms with E-state index in [9.17, 15) is 9.59 Å². The van der Waals surface area contributed by atoms with Crippen LogP contribution in [0, 0.1) is 5.92 Å². The highest BCUT2D eigenvalue weighted by molar-refractivity contribution is 5.84. The molecule has 0 unspecified atom stereocenters. The summed E-state index contributed by atoms with van der Waals surface area (Å²) in [6.45, 7) is 0.555. The molecule has 1 aliphatic carbocycles. The van der Waals surface area contributed by atoms with Crippen molar-refractivity contribution < 1.29 is 14.7 Å². The summed E-state index contributed by atoms with van der Waals surface area (Å²) in [6, 6.07) is 0. The first-order valence-electron chi connectivity index (χ1n) is 6.86. The summed E-state index contributed by atoms with van der Waals surface area (Å²) in [6.07, 6.45) is 7.09. The summed E-state index contributed by atoms with van der Waals surface area (Å²) in [4.78, 5) is 22.9. The molecule has 0 radical (unpaired) electrons. The summed E-state index contributed by atoms with van der Waals surface area (Å²) >= 11 is 0. The molecular weight excluding hydrogens is 232 g/mol. The average molecular weight is 256 g/mol. The molecule has 0 saturated heterocycles. The van der Waals surface area contributed by atoms with E-state index < -0.39 is 0 Å². The lowest BCUT2D eigenvalue weighted by Crippen LogP contribution is -2.38. The fraction of sp³-hybridized carbons (Fsp3) is 0.846. The van der Waals surface area contributed by atoms with Gasteiger partial charge in [-0.05, 0) is 25.2 Å². The summed E-state index contributed by atoms with van der Waals surface area (Å²) < 4.78 is 0. The van der Waals surface area contributed by atoms with Crippen LogP contribution < -0.4 is 10.6 Å². The van der Waals surface area contributed by atoms with E-state index in [2.05, 4.69) is 10.6 Å². The topological polar surface area (TPSA) is 78.4 Å². The van der Waals surface area contributed by atoms with Crippen LogP contribution in [-0.4, -0.2) is 36.6 Å². The number of carbonyl (C=O) groups is 2. The van der Waals surface area contributed by atoms with Crippen LogP contribution in [0.3, 0.4) is 0 Å². The standard InChI is InChI=1S/C13H24N2O3/c16-8-4-7-14-13(18)10-15-12(17)9-11-5-2-1-3-6-11/h11,16H,1-10H2,(H,14,18)(H,15,17). The van der Waals surface area contributed by atoms with Crippen molar-refractivity contribution in [3.63, 3.8) is 0 Å². The molecule has 5 heteroatoms. The van der Waals surface area contributed by atoms with Crippen LogP contribution >= 0.6 is 0 Å². The molecule has 0 atom stereocenters. The maximum Gasteiger partial charge on any atom is 0.239 e. The van der Waals surface area contributed by atoms with Crippen LogP contribution in [0.5, 0.6) is 0 Å². The second kappa shape index (κ2) is 8.91. The smallest absolute Gasteiger partial charge is 0.239 e. The predicted molar refractivity (Wildman–Crippen MR) is 68.9 cm³/mol. The minimum atomic E-state index is -0.194. The Morgan fingerprint density at radius 3 is 2.44 bits per heavy atom. The van der Waals surface area contributed by atoms with Crippen molar-refractivity contribution in [2.24, 2.45) is 5.92 Å². The lowest BCUT2D eigenvalue weighted by atomic mass is 9.87. The van der Waals surface area contributed by atoms with E-state index >= 15 is 0 Å². The maximum absolute atomic E-state index is 11.6. The third-order valence-electron chi connectivity index (χ3n) is 3.30. The van der Waals surface area contributed by atoms with Crippen LogP contribution in [0.15, 0.2) is 0 Å². The van der Waals surface area contributed by atoms with Gasteiger partial charge in [-0.25, -0.2) is 0 Å².